The number of nitrogens with zero attached hydrogens (tertiary/aromatic N) is 1. The summed E-state index contributed by atoms with van der Waals surface area (Å²) in [5.74, 6) is -1.44. The quantitative estimate of drug-likeness (QED) is 0.675. The molecule has 76 valence electrons. The minimum absolute atomic E-state index is 0.114. The van der Waals surface area contributed by atoms with Crippen molar-refractivity contribution < 1.29 is 8.78 Å². The zero-order chi connectivity index (χ0) is 10.8. The van der Waals surface area contributed by atoms with Crippen molar-refractivity contribution >= 4 is 11.6 Å². The lowest BCUT2D eigenvalue weighted by Crippen LogP contribution is -1.89. The van der Waals surface area contributed by atoms with Gasteiger partial charge in [-0.2, -0.15) is 0 Å². The third kappa shape index (κ3) is 1.97. The van der Waals surface area contributed by atoms with Gasteiger partial charge in [0.15, 0.2) is 0 Å². The molecule has 0 bridgehead atoms. The van der Waals surface area contributed by atoms with Gasteiger partial charge in [-0.25, -0.2) is 8.78 Å². The molecule has 0 aliphatic rings. The van der Waals surface area contributed by atoms with Crippen molar-refractivity contribution in [2.24, 2.45) is 0 Å². The summed E-state index contributed by atoms with van der Waals surface area (Å²) in [7, 11) is 0. The van der Waals surface area contributed by atoms with Crippen LogP contribution in [0.3, 0.4) is 0 Å². The highest BCUT2D eigenvalue weighted by molar-refractivity contribution is 6.31. The smallest absolute Gasteiger partial charge is 0.144 e. The highest BCUT2D eigenvalue weighted by Gasteiger charge is 2.10. The van der Waals surface area contributed by atoms with Crippen LogP contribution in [0.1, 0.15) is 0 Å². The molecule has 0 N–H and O–H groups in total. The molecule has 0 saturated heterocycles. The normalized spacial score (nSPS) is 10.3. The molecule has 0 atom stereocenters. The third-order valence-electron chi connectivity index (χ3n) is 1.95. The maximum absolute atomic E-state index is 13.4. The number of benzene rings is 1. The molecule has 4 heteroatoms. The number of hydrogen-bond acceptors (Lipinski definition) is 1. The summed E-state index contributed by atoms with van der Waals surface area (Å²) in [6, 6.07) is 7.05. The van der Waals surface area contributed by atoms with E-state index in [-0.39, 0.29) is 10.6 Å². The maximum Gasteiger partial charge on any atom is 0.144 e. The van der Waals surface area contributed by atoms with Gasteiger partial charge in [-0.15, -0.1) is 0 Å². The number of hydrogen-bond donors (Lipinski definition) is 0. The van der Waals surface area contributed by atoms with Gasteiger partial charge in [-0.3, -0.25) is 4.98 Å². The molecule has 1 nitrogen and oxygen atoms in total. The Kier molecular flexibility index (Phi) is 2.64. The van der Waals surface area contributed by atoms with E-state index in [2.05, 4.69) is 4.98 Å². The Morgan fingerprint density at radius 3 is 2.53 bits per heavy atom. The van der Waals surface area contributed by atoms with Gasteiger partial charge in [0, 0.05) is 17.8 Å². The van der Waals surface area contributed by atoms with E-state index < -0.39 is 11.6 Å². The predicted octanol–water partition coefficient (Wildman–Crippen LogP) is 3.68. The second-order valence-electron chi connectivity index (χ2n) is 2.96. The minimum Gasteiger partial charge on any atom is -0.256 e. The largest absolute Gasteiger partial charge is 0.256 e. The summed E-state index contributed by atoms with van der Waals surface area (Å²) in [5, 5.41) is -0.114. The fraction of sp³-hybridized carbons (Fsp3) is 0. The second-order valence-corrected chi connectivity index (χ2v) is 3.37. The van der Waals surface area contributed by atoms with Gasteiger partial charge in [-0.05, 0) is 18.2 Å². The number of aromatic nitrogens is 1. The summed E-state index contributed by atoms with van der Waals surface area (Å²) < 4.78 is 26.3. The first-order valence-corrected chi connectivity index (χ1v) is 4.62. The van der Waals surface area contributed by atoms with Gasteiger partial charge in [0.1, 0.15) is 11.6 Å². The van der Waals surface area contributed by atoms with Crippen LogP contribution in [0.15, 0.2) is 36.5 Å². The SMILES string of the molecule is Fc1cc(F)c(-c2ccccn2)cc1Cl. The first-order chi connectivity index (χ1) is 7.18. The molecular weight excluding hydrogens is 220 g/mol. The van der Waals surface area contributed by atoms with E-state index in [4.69, 9.17) is 11.6 Å². The fourth-order valence-electron chi connectivity index (χ4n) is 1.24. The van der Waals surface area contributed by atoms with Gasteiger partial charge < -0.3 is 0 Å². The molecule has 1 aromatic carbocycles. The lowest BCUT2D eigenvalue weighted by molar-refractivity contribution is 0.585. The van der Waals surface area contributed by atoms with Crippen LogP contribution < -0.4 is 0 Å². The molecule has 0 aliphatic carbocycles. The van der Waals surface area contributed by atoms with Crippen LogP contribution in [-0.4, -0.2) is 4.98 Å². The van der Waals surface area contributed by atoms with Crippen molar-refractivity contribution in [2.75, 3.05) is 0 Å². The summed E-state index contributed by atoms with van der Waals surface area (Å²) in [6.07, 6.45) is 1.53. The Labute approximate surface area is 90.3 Å². The zero-order valence-corrected chi connectivity index (χ0v) is 8.30. The topological polar surface area (TPSA) is 12.9 Å². The Hall–Kier alpha value is -1.48. The van der Waals surface area contributed by atoms with Gasteiger partial charge in [-0.1, -0.05) is 17.7 Å². The van der Waals surface area contributed by atoms with E-state index in [1.54, 1.807) is 18.2 Å². The van der Waals surface area contributed by atoms with E-state index in [0.29, 0.717) is 5.69 Å². The molecule has 0 spiro atoms. The number of halogens is 3. The number of pyridine rings is 1. The fourth-order valence-corrected chi connectivity index (χ4v) is 1.40. The Balaban J connectivity index is 2.59. The Morgan fingerprint density at radius 1 is 1.07 bits per heavy atom. The molecule has 15 heavy (non-hydrogen) atoms. The Bertz CT molecular complexity index is 485. The zero-order valence-electron chi connectivity index (χ0n) is 7.55. The van der Waals surface area contributed by atoms with Crippen molar-refractivity contribution in [1.29, 1.82) is 0 Å². The van der Waals surface area contributed by atoms with Crippen molar-refractivity contribution in [2.45, 2.75) is 0 Å². The van der Waals surface area contributed by atoms with Crippen LogP contribution in [0, 0.1) is 11.6 Å². The van der Waals surface area contributed by atoms with Crippen LogP contribution in [-0.2, 0) is 0 Å². The number of rotatable bonds is 1. The average molecular weight is 226 g/mol. The van der Waals surface area contributed by atoms with E-state index >= 15 is 0 Å². The summed E-state index contributed by atoms with van der Waals surface area (Å²) in [4.78, 5) is 3.96. The molecule has 0 saturated carbocycles. The molecule has 0 aliphatic heterocycles. The van der Waals surface area contributed by atoms with Crippen LogP contribution >= 0.6 is 11.6 Å². The average Bonchev–Trinajstić information content (AvgIpc) is 2.25. The van der Waals surface area contributed by atoms with Crippen LogP contribution in [0.2, 0.25) is 5.02 Å². The van der Waals surface area contributed by atoms with Crippen molar-refractivity contribution in [3.63, 3.8) is 0 Å². The standard InChI is InChI=1S/C11H6ClF2N/c12-8-5-7(9(13)6-10(8)14)11-3-1-2-4-15-11/h1-6H. The van der Waals surface area contributed by atoms with Crippen molar-refractivity contribution in [1.82, 2.24) is 4.98 Å². The highest BCUT2D eigenvalue weighted by atomic mass is 35.5. The molecule has 2 rings (SSSR count). The summed E-state index contributed by atoms with van der Waals surface area (Å²) >= 11 is 5.57. The molecule has 2 aromatic rings. The molecule has 0 amide bonds. The van der Waals surface area contributed by atoms with Gasteiger partial charge >= 0.3 is 0 Å². The van der Waals surface area contributed by atoms with Crippen LogP contribution in [0.4, 0.5) is 8.78 Å². The lowest BCUT2D eigenvalue weighted by Gasteiger charge is -2.03. The predicted molar refractivity (Wildman–Crippen MR) is 54.6 cm³/mol. The van der Waals surface area contributed by atoms with Gasteiger partial charge in [0.25, 0.3) is 0 Å². The van der Waals surface area contributed by atoms with Crippen molar-refractivity contribution in [3.8, 4) is 11.3 Å². The van der Waals surface area contributed by atoms with Gasteiger partial charge in [0.2, 0.25) is 0 Å². The third-order valence-corrected chi connectivity index (χ3v) is 2.24. The summed E-state index contributed by atoms with van der Waals surface area (Å²) in [6.45, 7) is 0. The molecule has 0 radical (unpaired) electrons. The molecule has 0 fully saturated rings. The van der Waals surface area contributed by atoms with Crippen LogP contribution in [0.25, 0.3) is 11.3 Å². The molecule has 0 unspecified atom stereocenters. The summed E-state index contributed by atoms with van der Waals surface area (Å²) in [5.41, 5.74) is 0.624. The van der Waals surface area contributed by atoms with Gasteiger partial charge in [0.05, 0.1) is 10.7 Å². The molecular formula is C11H6ClF2N. The van der Waals surface area contributed by atoms with E-state index in [1.807, 2.05) is 0 Å². The van der Waals surface area contributed by atoms with Crippen LogP contribution in [0.5, 0.6) is 0 Å². The Morgan fingerprint density at radius 2 is 1.87 bits per heavy atom. The minimum atomic E-state index is -0.770. The monoisotopic (exact) mass is 225 g/mol. The van der Waals surface area contributed by atoms with Crippen molar-refractivity contribution in [3.05, 3.63) is 53.2 Å². The van der Waals surface area contributed by atoms with E-state index in [0.717, 1.165) is 6.07 Å². The van der Waals surface area contributed by atoms with E-state index in [1.165, 1.54) is 12.3 Å². The highest BCUT2D eigenvalue weighted by Crippen LogP contribution is 2.26. The molecule has 1 heterocycles. The second kappa shape index (κ2) is 3.95. The maximum atomic E-state index is 13.4. The van der Waals surface area contributed by atoms with E-state index in [9.17, 15) is 8.78 Å². The lowest BCUT2D eigenvalue weighted by atomic mass is 10.1. The first kappa shape index (κ1) is 10.1. The molecule has 1 aromatic heterocycles. The first-order valence-electron chi connectivity index (χ1n) is 4.24.